The maximum absolute atomic E-state index is 7.11. The highest BCUT2D eigenvalue weighted by Gasteiger charge is 2.40. The van der Waals surface area contributed by atoms with Crippen molar-refractivity contribution in [2.24, 2.45) is 0 Å². The maximum atomic E-state index is 7.11. The molecular formula is C68H60I4O8. The Morgan fingerprint density at radius 1 is 0.250 bits per heavy atom. The molecule has 8 aromatic carbocycles. The van der Waals surface area contributed by atoms with Crippen LogP contribution in [0.25, 0.3) is 0 Å². The molecule has 0 saturated heterocycles. The monoisotopic (exact) mass is 1510 g/mol. The minimum atomic E-state index is -0.172. The van der Waals surface area contributed by atoms with Crippen LogP contribution >= 0.6 is 90.4 Å². The SMILES string of the molecule is Ic1c2c3cc4c1OCCOc1c(cc5c(c1I)OCCOc1c(cc6c(c1I)OCCOc1c(cc(c(c1I)OCCO2)C3CCc1ccccc1)C6CCc1ccccc1)C5CCc1ccccc1)C4CCc1ccccc1. The van der Waals surface area contributed by atoms with E-state index >= 15 is 0 Å². The first-order valence-corrected chi connectivity index (χ1v) is 32.3. The number of hydrogen-bond donors (Lipinski definition) is 0. The predicted octanol–water partition coefficient (Wildman–Crippen LogP) is 16.6. The normalized spacial score (nSPS) is 18.6. The van der Waals surface area contributed by atoms with Crippen molar-refractivity contribution in [2.75, 3.05) is 52.9 Å². The lowest BCUT2D eigenvalue weighted by atomic mass is 9.76. The minimum Gasteiger partial charge on any atom is -0.488 e. The Labute approximate surface area is 523 Å². The van der Waals surface area contributed by atoms with Crippen LogP contribution in [0.5, 0.6) is 46.0 Å². The maximum Gasteiger partial charge on any atom is 0.140 e. The van der Waals surface area contributed by atoms with Gasteiger partial charge in [0.2, 0.25) is 0 Å². The molecule has 5 aliphatic rings. The van der Waals surface area contributed by atoms with Crippen LogP contribution in [0.1, 0.15) is 116 Å². The number of ether oxygens (including phenoxy) is 8. The van der Waals surface area contributed by atoms with Gasteiger partial charge >= 0.3 is 0 Å². The number of aryl methyl sites for hydroxylation is 4. The zero-order valence-electron chi connectivity index (χ0n) is 44.3. The zero-order valence-corrected chi connectivity index (χ0v) is 52.9. The molecule has 408 valence electrons. The number of rotatable bonds is 12. The third kappa shape index (κ3) is 10.8. The molecule has 0 fully saturated rings. The van der Waals surface area contributed by atoms with Gasteiger partial charge in [-0.15, -0.1) is 0 Å². The molecule has 8 bridgehead atoms. The first kappa shape index (κ1) is 54.3. The van der Waals surface area contributed by atoms with Crippen molar-refractivity contribution in [3.63, 3.8) is 0 Å². The fourth-order valence-electron chi connectivity index (χ4n) is 12.8. The smallest absolute Gasteiger partial charge is 0.140 e. The summed E-state index contributed by atoms with van der Waals surface area (Å²) >= 11 is 10.1. The molecule has 0 amide bonds. The highest BCUT2D eigenvalue weighted by Crippen LogP contribution is 2.58. The standard InChI is InChI=1S/C68H60I4O8/c69-57-61-49-37-51-46(26-22-42-15-7-2-8-16-42)53-39-55-48(28-24-44-19-11-4-12-20-44)56-40-54-47(27-23-43-17-9-3-10-18-43)52-38-50(45(49)25-21-41-13-5-1-6-14-41)62(74-30-29-73-61)58(70)64(52)76-32-34-78-66(54)60(72)68(56)80-36-35-79-67(55)59(71)65(53)77-33-31-75-63(51)57/h1-20,37-40,45-48H,21-36H2. The Balaban J connectivity index is 1.17. The molecule has 0 atom stereocenters. The van der Waals surface area contributed by atoms with Gasteiger partial charge in [-0.05, 0) is 188 Å². The Bertz CT molecular complexity index is 2950. The molecule has 4 heterocycles. The molecule has 0 radical (unpaired) electrons. The minimum absolute atomic E-state index is 0.172. The van der Waals surface area contributed by atoms with Crippen molar-refractivity contribution in [1.29, 1.82) is 0 Å². The Hall–Kier alpha value is -4.92. The summed E-state index contributed by atoms with van der Waals surface area (Å²) in [6.07, 6.45) is 6.50. The van der Waals surface area contributed by atoms with Gasteiger partial charge < -0.3 is 37.9 Å². The van der Waals surface area contributed by atoms with Gasteiger partial charge in [0.1, 0.15) is 98.9 Å². The van der Waals surface area contributed by atoms with Crippen molar-refractivity contribution in [3.05, 3.63) is 227 Å². The summed E-state index contributed by atoms with van der Waals surface area (Å²) in [5.41, 5.74) is 14.1. The van der Waals surface area contributed by atoms with Crippen LogP contribution in [0.4, 0.5) is 0 Å². The first-order chi connectivity index (χ1) is 39.4. The van der Waals surface area contributed by atoms with E-state index < -0.39 is 0 Å². The Morgan fingerprint density at radius 2 is 0.412 bits per heavy atom. The van der Waals surface area contributed by atoms with Crippen molar-refractivity contribution in [2.45, 2.75) is 75.0 Å². The van der Waals surface area contributed by atoms with Crippen LogP contribution < -0.4 is 37.9 Å². The quantitative estimate of drug-likeness (QED) is 0.112. The molecule has 12 heteroatoms. The molecule has 0 saturated carbocycles. The van der Waals surface area contributed by atoms with Crippen LogP contribution in [0.15, 0.2) is 146 Å². The van der Waals surface area contributed by atoms with Gasteiger partial charge in [-0.25, -0.2) is 0 Å². The second kappa shape index (κ2) is 24.5. The Morgan fingerprint density at radius 3 is 0.575 bits per heavy atom. The molecule has 8 aromatic rings. The van der Waals surface area contributed by atoms with E-state index in [4.69, 9.17) is 37.9 Å². The summed E-state index contributed by atoms with van der Waals surface area (Å²) < 4.78 is 60.7. The molecule has 8 nitrogen and oxygen atoms in total. The predicted molar refractivity (Wildman–Crippen MR) is 347 cm³/mol. The third-order valence-electron chi connectivity index (χ3n) is 16.5. The van der Waals surface area contributed by atoms with Gasteiger partial charge in [-0.2, -0.15) is 0 Å². The zero-order chi connectivity index (χ0) is 54.1. The highest BCUT2D eigenvalue weighted by molar-refractivity contribution is 14.1. The van der Waals surface area contributed by atoms with E-state index in [1.807, 2.05) is 0 Å². The average molecular weight is 1510 g/mol. The molecule has 4 aliphatic heterocycles. The second-order valence-corrected chi connectivity index (χ2v) is 25.5. The lowest BCUT2D eigenvalue weighted by Crippen LogP contribution is -2.16. The number of halogens is 4. The van der Waals surface area contributed by atoms with Crippen LogP contribution in [-0.4, -0.2) is 52.9 Å². The van der Waals surface area contributed by atoms with E-state index in [0.717, 1.165) is 156 Å². The molecule has 1 aliphatic carbocycles. The fourth-order valence-corrected chi connectivity index (χ4v) is 16.5. The van der Waals surface area contributed by atoms with Crippen LogP contribution in [0, 0.1) is 14.3 Å². The van der Waals surface area contributed by atoms with E-state index in [-0.39, 0.29) is 23.7 Å². The van der Waals surface area contributed by atoms with E-state index in [0.29, 0.717) is 52.9 Å². The van der Waals surface area contributed by atoms with Crippen molar-refractivity contribution >= 4 is 90.4 Å². The molecular weight excluding hydrogens is 1450 g/mol. The van der Waals surface area contributed by atoms with Gasteiger partial charge in [-0.1, -0.05) is 121 Å². The van der Waals surface area contributed by atoms with E-state index in [1.54, 1.807) is 0 Å². The van der Waals surface area contributed by atoms with E-state index in [2.05, 4.69) is 236 Å². The van der Waals surface area contributed by atoms with E-state index in [9.17, 15) is 0 Å². The Kier molecular flexibility index (Phi) is 16.6. The van der Waals surface area contributed by atoms with Crippen LogP contribution in [0.2, 0.25) is 0 Å². The summed E-state index contributed by atoms with van der Waals surface area (Å²) in [6.45, 7) is 2.82. The van der Waals surface area contributed by atoms with Crippen LogP contribution in [0.3, 0.4) is 0 Å². The summed E-state index contributed by atoms with van der Waals surface area (Å²) in [4.78, 5) is 0. The molecule has 13 rings (SSSR count). The summed E-state index contributed by atoms with van der Waals surface area (Å²) in [7, 11) is 0. The average Bonchev–Trinajstić information content (AvgIpc) is 3.82. The topological polar surface area (TPSA) is 73.8 Å². The number of benzene rings is 8. The second-order valence-electron chi connectivity index (χ2n) is 21.2. The van der Waals surface area contributed by atoms with Gasteiger partial charge in [0, 0.05) is 68.2 Å². The van der Waals surface area contributed by atoms with Crippen LogP contribution in [-0.2, 0) is 25.7 Å². The highest BCUT2D eigenvalue weighted by atomic mass is 127. The molecule has 0 spiro atoms. The van der Waals surface area contributed by atoms with Crippen molar-refractivity contribution < 1.29 is 37.9 Å². The van der Waals surface area contributed by atoms with Gasteiger partial charge in [-0.3, -0.25) is 0 Å². The lowest BCUT2D eigenvalue weighted by molar-refractivity contribution is 0.200. The number of hydrogen-bond acceptors (Lipinski definition) is 8. The molecule has 0 unspecified atom stereocenters. The molecule has 0 aromatic heterocycles. The summed E-state index contributed by atoms with van der Waals surface area (Å²) in [5.74, 6) is 6.10. The fraction of sp³-hybridized carbons (Fsp3) is 0.294. The van der Waals surface area contributed by atoms with Crippen molar-refractivity contribution in [1.82, 2.24) is 0 Å². The molecule has 80 heavy (non-hydrogen) atoms. The third-order valence-corrected chi connectivity index (χ3v) is 20.4. The largest absolute Gasteiger partial charge is 0.488 e. The van der Waals surface area contributed by atoms with E-state index in [1.165, 1.54) is 22.3 Å². The summed E-state index contributed by atoms with van der Waals surface area (Å²) in [6, 6.07) is 53.4. The van der Waals surface area contributed by atoms with Gasteiger partial charge in [0.15, 0.2) is 0 Å². The molecule has 0 N–H and O–H groups in total. The summed E-state index contributed by atoms with van der Waals surface area (Å²) in [5, 5.41) is 0. The van der Waals surface area contributed by atoms with Crippen molar-refractivity contribution in [3.8, 4) is 46.0 Å². The van der Waals surface area contributed by atoms with Gasteiger partial charge in [0.25, 0.3) is 0 Å². The van der Waals surface area contributed by atoms with Gasteiger partial charge in [0.05, 0.1) is 14.3 Å². The lowest BCUT2D eigenvalue weighted by Gasteiger charge is -2.32. The first-order valence-electron chi connectivity index (χ1n) is 28.0.